The third-order valence-corrected chi connectivity index (χ3v) is 3.75. The first-order valence-corrected chi connectivity index (χ1v) is 8.34. The molecule has 136 valence electrons. The first-order valence-electron chi connectivity index (χ1n) is 8.34. The zero-order valence-corrected chi connectivity index (χ0v) is 14.6. The van der Waals surface area contributed by atoms with Crippen molar-refractivity contribution < 1.29 is 18.7 Å². The van der Waals surface area contributed by atoms with Crippen LogP contribution in [0.5, 0.6) is 11.5 Å². The van der Waals surface area contributed by atoms with Gasteiger partial charge in [0, 0.05) is 31.5 Å². The molecular weight excluding hydrogens is 334 g/mol. The maximum atomic E-state index is 12.1. The summed E-state index contributed by atoms with van der Waals surface area (Å²) in [5.41, 5.74) is 0. The Bertz CT molecular complexity index is 827. The van der Waals surface area contributed by atoms with Gasteiger partial charge in [-0.1, -0.05) is 6.07 Å². The van der Waals surface area contributed by atoms with Gasteiger partial charge in [0.15, 0.2) is 5.76 Å². The monoisotopic (exact) mass is 355 g/mol. The second-order valence-electron chi connectivity index (χ2n) is 5.64. The molecule has 0 spiro atoms. The molecule has 0 atom stereocenters. The molecular formula is C19H21N3O4. The van der Waals surface area contributed by atoms with E-state index in [9.17, 15) is 4.79 Å². The minimum atomic E-state index is -0.233. The highest BCUT2D eigenvalue weighted by atomic mass is 16.5. The van der Waals surface area contributed by atoms with Crippen LogP contribution in [-0.4, -0.2) is 29.1 Å². The van der Waals surface area contributed by atoms with E-state index < -0.39 is 0 Å². The summed E-state index contributed by atoms with van der Waals surface area (Å²) in [6.07, 6.45) is 6.19. The van der Waals surface area contributed by atoms with E-state index in [4.69, 9.17) is 13.9 Å². The molecule has 2 heterocycles. The Hall–Kier alpha value is -3.22. The first kappa shape index (κ1) is 17.6. The number of hydrogen-bond acceptors (Lipinski definition) is 5. The lowest BCUT2D eigenvalue weighted by Gasteiger charge is -2.06. The molecule has 0 saturated heterocycles. The number of aryl methyl sites for hydroxylation is 1. The molecule has 7 heteroatoms. The lowest BCUT2D eigenvalue weighted by Crippen LogP contribution is -2.24. The molecule has 2 aromatic heterocycles. The predicted molar refractivity (Wildman–Crippen MR) is 95.2 cm³/mol. The highest BCUT2D eigenvalue weighted by Gasteiger charge is 2.11. The van der Waals surface area contributed by atoms with Gasteiger partial charge < -0.3 is 23.8 Å². The second-order valence-corrected chi connectivity index (χ2v) is 5.64. The number of methoxy groups -OCH3 is 1. The normalized spacial score (nSPS) is 10.5. The van der Waals surface area contributed by atoms with Crippen LogP contribution in [0.1, 0.15) is 22.7 Å². The average molecular weight is 355 g/mol. The molecule has 0 aliphatic rings. The van der Waals surface area contributed by atoms with Gasteiger partial charge in [0.1, 0.15) is 23.9 Å². The lowest BCUT2D eigenvalue weighted by molar-refractivity contribution is 0.0921. The summed E-state index contributed by atoms with van der Waals surface area (Å²) in [4.78, 5) is 16.1. The fourth-order valence-corrected chi connectivity index (χ4v) is 2.39. The van der Waals surface area contributed by atoms with Crippen LogP contribution in [0.2, 0.25) is 0 Å². The van der Waals surface area contributed by atoms with Gasteiger partial charge in [-0.2, -0.15) is 0 Å². The van der Waals surface area contributed by atoms with Gasteiger partial charge in [0.05, 0.1) is 13.4 Å². The Labute approximate surface area is 151 Å². The fraction of sp³-hybridized carbons (Fsp3) is 0.263. The minimum absolute atomic E-state index is 0.233. The summed E-state index contributed by atoms with van der Waals surface area (Å²) >= 11 is 0. The van der Waals surface area contributed by atoms with Crippen molar-refractivity contribution in [2.24, 2.45) is 0 Å². The van der Waals surface area contributed by atoms with Crippen molar-refractivity contribution in [3.63, 3.8) is 0 Å². The van der Waals surface area contributed by atoms with E-state index in [0.29, 0.717) is 18.1 Å². The molecule has 26 heavy (non-hydrogen) atoms. The molecule has 0 saturated carbocycles. The van der Waals surface area contributed by atoms with Gasteiger partial charge in [-0.3, -0.25) is 4.79 Å². The summed E-state index contributed by atoms with van der Waals surface area (Å²) < 4.78 is 18.3. The van der Waals surface area contributed by atoms with Crippen molar-refractivity contribution in [2.75, 3.05) is 13.7 Å². The number of furan rings is 1. The number of nitrogens with one attached hydrogen (secondary N) is 1. The maximum absolute atomic E-state index is 12.1. The SMILES string of the molecule is COc1cccc(OCc2ccc(C(=O)NCCCn3ccnc3)o2)c1. The summed E-state index contributed by atoms with van der Waals surface area (Å²) in [5, 5.41) is 2.84. The van der Waals surface area contributed by atoms with Gasteiger partial charge in [0.25, 0.3) is 5.91 Å². The zero-order chi connectivity index (χ0) is 18.2. The lowest BCUT2D eigenvalue weighted by atomic mass is 10.3. The number of aromatic nitrogens is 2. The summed E-state index contributed by atoms with van der Waals surface area (Å²) in [6, 6.07) is 10.7. The molecule has 7 nitrogen and oxygen atoms in total. The number of carbonyl (C=O) groups excluding carboxylic acids is 1. The Kier molecular flexibility index (Phi) is 5.92. The molecule has 1 amide bonds. The van der Waals surface area contributed by atoms with Crippen LogP contribution < -0.4 is 14.8 Å². The molecule has 0 unspecified atom stereocenters. The van der Waals surface area contributed by atoms with Crippen LogP contribution >= 0.6 is 0 Å². The largest absolute Gasteiger partial charge is 0.497 e. The number of hydrogen-bond donors (Lipinski definition) is 1. The molecule has 1 aromatic carbocycles. The van der Waals surface area contributed by atoms with Crippen LogP contribution in [-0.2, 0) is 13.2 Å². The van der Waals surface area contributed by atoms with Gasteiger partial charge in [0.2, 0.25) is 0 Å². The number of ether oxygens (including phenoxy) is 2. The minimum Gasteiger partial charge on any atom is -0.497 e. The van der Waals surface area contributed by atoms with Crippen molar-refractivity contribution in [3.05, 3.63) is 66.6 Å². The third-order valence-electron chi connectivity index (χ3n) is 3.75. The number of rotatable bonds is 9. The Morgan fingerprint density at radius 3 is 2.96 bits per heavy atom. The number of nitrogens with zero attached hydrogens (tertiary/aromatic N) is 2. The second kappa shape index (κ2) is 8.75. The number of carbonyl (C=O) groups is 1. The molecule has 3 aromatic rings. The van der Waals surface area contributed by atoms with Crippen molar-refractivity contribution in [1.29, 1.82) is 0 Å². The molecule has 0 aliphatic heterocycles. The zero-order valence-electron chi connectivity index (χ0n) is 14.6. The average Bonchev–Trinajstić information content (AvgIpc) is 3.35. The topological polar surface area (TPSA) is 78.5 Å². The van der Waals surface area contributed by atoms with E-state index in [0.717, 1.165) is 18.7 Å². The van der Waals surface area contributed by atoms with E-state index in [1.807, 2.05) is 29.0 Å². The van der Waals surface area contributed by atoms with E-state index >= 15 is 0 Å². The quantitative estimate of drug-likeness (QED) is 0.597. The fourth-order valence-electron chi connectivity index (χ4n) is 2.39. The molecule has 0 bridgehead atoms. The number of imidazole rings is 1. The number of benzene rings is 1. The van der Waals surface area contributed by atoms with Crippen LogP contribution in [0.25, 0.3) is 0 Å². The van der Waals surface area contributed by atoms with Crippen molar-refractivity contribution in [2.45, 2.75) is 19.6 Å². The van der Waals surface area contributed by atoms with Crippen molar-refractivity contribution in [3.8, 4) is 11.5 Å². The molecule has 3 rings (SSSR count). The van der Waals surface area contributed by atoms with Crippen LogP contribution in [0.4, 0.5) is 0 Å². The predicted octanol–water partition coefficient (Wildman–Crippen LogP) is 2.88. The first-order chi connectivity index (χ1) is 12.7. The number of amides is 1. The van der Waals surface area contributed by atoms with Gasteiger partial charge >= 0.3 is 0 Å². The molecule has 0 radical (unpaired) electrons. The maximum Gasteiger partial charge on any atom is 0.286 e. The van der Waals surface area contributed by atoms with Crippen molar-refractivity contribution >= 4 is 5.91 Å². The molecule has 0 aliphatic carbocycles. The summed E-state index contributed by atoms with van der Waals surface area (Å²) in [7, 11) is 1.60. The highest BCUT2D eigenvalue weighted by Crippen LogP contribution is 2.20. The van der Waals surface area contributed by atoms with Crippen LogP contribution in [0.15, 0.2) is 59.5 Å². The molecule has 0 fully saturated rings. The standard InChI is InChI=1S/C19H21N3O4/c1-24-15-4-2-5-16(12-15)25-13-17-6-7-18(26-17)19(23)21-8-3-10-22-11-9-20-14-22/h2,4-7,9,11-12,14H,3,8,10,13H2,1H3,(H,21,23). The van der Waals surface area contributed by atoms with Gasteiger partial charge in [-0.15, -0.1) is 0 Å². The van der Waals surface area contributed by atoms with E-state index in [2.05, 4.69) is 10.3 Å². The van der Waals surface area contributed by atoms with Crippen molar-refractivity contribution in [1.82, 2.24) is 14.9 Å². The third kappa shape index (κ3) is 4.89. The Balaban J connectivity index is 1.43. The molecule has 1 N–H and O–H groups in total. The van der Waals surface area contributed by atoms with Gasteiger partial charge in [-0.05, 0) is 30.7 Å². The highest BCUT2D eigenvalue weighted by molar-refractivity contribution is 5.91. The van der Waals surface area contributed by atoms with E-state index in [1.165, 1.54) is 0 Å². The Morgan fingerprint density at radius 2 is 2.15 bits per heavy atom. The Morgan fingerprint density at radius 1 is 1.27 bits per heavy atom. The van der Waals surface area contributed by atoms with Crippen LogP contribution in [0, 0.1) is 0 Å². The summed E-state index contributed by atoms with van der Waals surface area (Å²) in [6.45, 7) is 1.60. The van der Waals surface area contributed by atoms with E-state index in [1.54, 1.807) is 37.8 Å². The smallest absolute Gasteiger partial charge is 0.286 e. The van der Waals surface area contributed by atoms with Crippen LogP contribution in [0.3, 0.4) is 0 Å². The summed E-state index contributed by atoms with van der Waals surface area (Å²) in [5.74, 6) is 2.01. The van der Waals surface area contributed by atoms with E-state index in [-0.39, 0.29) is 18.3 Å². The van der Waals surface area contributed by atoms with Gasteiger partial charge in [-0.25, -0.2) is 4.98 Å².